The summed E-state index contributed by atoms with van der Waals surface area (Å²) in [7, 11) is 0. The van der Waals surface area contributed by atoms with E-state index in [0.717, 1.165) is 5.56 Å². The number of hydrogen-bond donors (Lipinski definition) is 3. The van der Waals surface area contributed by atoms with Crippen molar-refractivity contribution >= 4 is 0 Å². The molecule has 5 atom stereocenters. The summed E-state index contributed by atoms with van der Waals surface area (Å²) in [5.41, 5.74) is 1.13. The van der Waals surface area contributed by atoms with Crippen molar-refractivity contribution in [2.75, 3.05) is 6.54 Å². The maximum Gasteiger partial charge on any atom is 0.190 e. The second kappa shape index (κ2) is 6.23. The Kier molecular flexibility index (Phi) is 4.49. The molecule has 22 heavy (non-hydrogen) atoms. The number of ether oxygens (including phenoxy) is 3. The maximum atomic E-state index is 10.3. The van der Waals surface area contributed by atoms with Crippen molar-refractivity contribution in [3.63, 3.8) is 0 Å². The smallest absolute Gasteiger partial charge is 0.190 e. The number of aliphatic hydroxyl groups is 2. The first-order valence-corrected chi connectivity index (χ1v) is 7.58. The lowest BCUT2D eigenvalue weighted by Crippen LogP contribution is -2.44. The number of aliphatic hydroxyl groups excluding tert-OH is 2. The van der Waals surface area contributed by atoms with E-state index < -0.39 is 36.5 Å². The third-order valence-electron chi connectivity index (χ3n) is 3.96. The van der Waals surface area contributed by atoms with Crippen LogP contribution in [0.15, 0.2) is 30.3 Å². The highest BCUT2D eigenvalue weighted by molar-refractivity contribution is 5.14. The zero-order valence-electron chi connectivity index (χ0n) is 12.8. The monoisotopic (exact) mass is 309 g/mol. The lowest BCUT2D eigenvalue weighted by molar-refractivity contribution is -0.225. The van der Waals surface area contributed by atoms with Crippen molar-refractivity contribution in [3.05, 3.63) is 35.9 Å². The minimum Gasteiger partial charge on any atom is -0.389 e. The summed E-state index contributed by atoms with van der Waals surface area (Å²) < 4.78 is 16.8. The number of nitrogens with one attached hydrogen (secondary N) is 1. The first-order valence-electron chi connectivity index (χ1n) is 7.58. The topological polar surface area (TPSA) is 80.2 Å². The molecule has 0 spiro atoms. The number of benzene rings is 1. The Labute approximate surface area is 130 Å². The molecule has 2 saturated heterocycles. The normalized spacial score (nSPS) is 34.5. The molecule has 1 aromatic carbocycles. The van der Waals surface area contributed by atoms with Gasteiger partial charge >= 0.3 is 0 Å². The van der Waals surface area contributed by atoms with Gasteiger partial charge in [0.05, 0.1) is 6.10 Å². The zero-order chi connectivity index (χ0) is 15.7. The van der Waals surface area contributed by atoms with Gasteiger partial charge in [-0.3, -0.25) is 0 Å². The van der Waals surface area contributed by atoms with Gasteiger partial charge in [-0.15, -0.1) is 0 Å². The van der Waals surface area contributed by atoms with Crippen LogP contribution in [0.3, 0.4) is 0 Å². The largest absolute Gasteiger partial charge is 0.389 e. The molecule has 3 N–H and O–H groups in total. The molecule has 0 aromatic heterocycles. The Morgan fingerprint density at radius 3 is 2.64 bits per heavy atom. The van der Waals surface area contributed by atoms with Gasteiger partial charge in [0.2, 0.25) is 0 Å². The number of fused-ring (bicyclic) bond motifs is 1. The Hall–Kier alpha value is -1.02. The van der Waals surface area contributed by atoms with Crippen molar-refractivity contribution in [2.24, 2.45) is 0 Å². The molecule has 2 aliphatic rings. The van der Waals surface area contributed by atoms with Crippen molar-refractivity contribution < 1.29 is 24.4 Å². The lowest BCUT2D eigenvalue weighted by Gasteiger charge is -2.26. The first-order chi connectivity index (χ1) is 10.5. The average molecular weight is 309 g/mol. The van der Waals surface area contributed by atoms with E-state index in [2.05, 4.69) is 5.32 Å². The molecule has 2 aliphatic heterocycles. The van der Waals surface area contributed by atoms with Gasteiger partial charge in [-0.1, -0.05) is 30.3 Å². The third kappa shape index (κ3) is 3.32. The molecule has 0 aliphatic carbocycles. The SMILES string of the molecule is CC1(C)OC2OC(C(O)CNCc3ccccc3)C(O)C2O1. The van der Waals surface area contributed by atoms with Gasteiger partial charge in [-0.05, 0) is 19.4 Å². The summed E-state index contributed by atoms with van der Waals surface area (Å²) in [5, 5.41) is 23.6. The van der Waals surface area contributed by atoms with Crippen LogP contribution in [0.1, 0.15) is 19.4 Å². The van der Waals surface area contributed by atoms with Crippen LogP contribution in [0, 0.1) is 0 Å². The van der Waals surface area contributed by atoms with E-state index in [1.165, 1.54) is 0 Å². The van der Waals surface area contributed by atoms with E-state index in [4.69, 9.17) is 14.2 Å². The Bertz CT molecular complexity index is 495. The second-order valence-corrected chi connectivity index (χ2v) is 6.24. The van der Waals surface area contributed by atoms with E-state index in [0.29, 0.717) is 13.1 Å². The summed E-state index contributed by atoms with van der Waals surface area (Å²) >= 11 is 0. The average Bonchev–Trinajstić information content (AvgIpc) is 2.94. The Morgan fingerprint density at radius 2 is 1.95 bits per heavy atom. The van der Waals surface area contributed by atoms with Crippen LogP contribution in [0.4, 0.5) is 0 Å². The van der Waals surface area contributed by atoms with E-state index in [1.807, 2.05) is 30.3 Å². The van der Waals surface area contributed by atoms with Crippen LogP contribution in [0.2, 0.25) is 0 Å². The molecule has 2 fully saturated rings. The summed E-state index contributed by atoms with van der Waals surface area (Å²) in [6.07, 6.45) is -3.63. The number of rotatable bonds is 5. The van der Waals surface area contributed by atoms with Crippen LogP contribution in [0.5, 0.6) is 0 Å². The van der Waals surface area contributed by atoms with Crippen LogP contribution in [-0.4, -0.2) is 53.3 Å². The second-order valence-electron chi connectivity index (χ2n) is 6.24. The Balaban J connectivity index is 1.48. The van der Waals surface area contributed by atoms with Gasteiger partial charge in [0.15, 0.2) is 12.1 Å². The number of hydrogen-bond acceptors (Lipinski definition) is 6. The summed E-state index contributed by atoms with van der Waals surface area (Å²) in [6.45, 7) is 4.51. The minimum atomic E-state index is -0.902. The molecule has 6 nitrogen and oxygen atoms in total. The van der Waals surface area contributed by atoms with Crippen LogP contribution >= 0.6 is 0 Å². The van der Waals surface area contributed by atoms with Crippen LogP contribution < -0.4 is 5.32 Å². The van der Waals surface area contributed by atoms with Gasteiger partial charge in [0.25, 0.3) is 0 Å². The molecule has 0 bridgehead atoms. The molecule has 0 radical (unpaired) electrons. The molecule has 0 amide bonds. The predicted octanol–water partition coefficient (Wildman–Crippen LogP) is 0.374. The first kappa shape index (κ1) is 15.9. The van der Waals surface area contributed by atoms with Gasteiger partial charge in [0.1, 0.15) is 18.3 Å². The van der Waals surface area contributed by atoms with Crippen molar-refractivity contribution in [3.8, 4) is 0 Å². The van der Waals surface area contributed by atoms with Crippen LogP contribution in [0.25, 0.3) is 0 Å². The quantitative estimate of drug-likeness (QED) is 0.729. The fraction of sp³-hybridized carbons (Fsp3) is 0.625. The minimum absolute atomic E-state index is 0.319. The molecule has 3 rings (SSSR count). The summed E-state index contributed by atoms with van der Waals surface area (Å²) in [5.74, 6) is -0.766. The molecule has 6 heteroatoms. The summed E-state index contributed by atoms with van der Waals surface area (Å²) in [4.78, 5) is 0. The van der Waals surface area contributed by atoms with Gasteiger partial charge in [-0.2, -0.15) is 0 Å². The van der Waals surface area contributed by atoms with Crippen molar-refractivity contribution in [2.45, 2.75) is 56.9 Å². The van der Waals surface area contributed by atoms with E-state index >= 15 is 0 Å². The van der Waals surface area contributed by atoms with Crippen molar-refractivity contribution in [1.82, 2.24) is 5.32 Å². The molecule has 2 heterocycles. The molecule has 1 aromatic rings. The lowest BCUT2D eigenvalue weighted by atomic mass is 10.1. The fourth-order valence-electron chi connectivity index (χ4n) is 2.91. The third-order valence-corrected chi connectivity index (χ3v) is 3.96. The highest BCUT2D eigenvalue weighted by atomic mass is 16.8. The zero-order valence-corrected chi connectivity index (χ0v) is 12.8. The summed E-state index contributed by atoms with van der Waals surface area (Å²) in [6, 6.07) is 9.91. The molecule has 5 unspecified atom stereocenters. The molecule has 0 saturated carbocycles. The van der Waals surface area contributed by atoms with E-state index in [1.54, 1.807) is 13.8 Å². The van der Waals surface area contributed by atoms with E-state index in [9.17, 15) is 10.2 Å². The predicted molar refractivity (Wildman–Crippen MR) is 78.9 cm³/mol. The highest BCUT2D eigenvalue weighted by Gasteiger charge is 2.55. The molecular weight excluding hydrogens is 286 g/mol. The molecule has 122 valence electrons. The standard InChI is InChI=1S/C16H23NO5/c1-16(2)21-14-12(19)13(20-15(14)22-16)11(18)9-17-8-10-6-4-3-5-7-10/h3-7,11-15,17-19H,8-9H2,1-2H3. The highest BCUT2D eigenvalue weighted by Crippen LogP contribution is 2.38. The Morgan fingerprint density at radius 1 is 1.23 bits per heavy atom. The van der Waals surface area contributed by atoms with Crippen LogP contribution in [-0.2, 0) is 20.8 Å². The van der Waals surface area contributed by atoms with Gasteiger partial charge < -0.3 is 29.7 Å². The van der Waals surface area contributed by atoms with E-state index in [-0.39, 0.29) is 0 Å². The fourth-order valence-corrected chi connectivity index (χ4v) is 2.91. The van der Waals surface area contributed by atoms with Gasteiger partial charge in [0, 0.05) is 13.1 Å². The van der Waals surface area contributed by atoms with Crippen molar-refractivity contribution in [1.29, 1.82) is 0 Å². The molecular formula is C16H23NO5. The maximum absolute atomic E-state index is 10.3. The van der Waals surface area contributed by atoms with Gasteiger partial charge in [-0.25, -0.2) is 0 Å².